The van der Waals surface area contributed by atoms with Crippen LogP contribution in [-0.2, 0) is 20.8 Å². The highest BCUT2D eigenvalue weighted by atomic mass is 16.2. The Balaban J connectivity index is 1.63. The molecule has 9 nitrogen and oxygen atoms in total. The van der Waals surface area contributed by atoms with Crippen LogP contribution < -0.4 is 21.8 Å². The van der Waals surface area contributed by atoms with E-state index < -0.39 is 11.9 Å². The van der Waals surface area contributed by atoms with Crippen molar-refractivity contribution in [1.29, 1.82) is 0 Å². The molecule has 1 aliphatic heterocycles. The molecule has 9 heteroatoms. The van der Waals surface area contributed by atoms with Gasteiger partial charge in [-0.25, -0.2) is 5.41 Å². The second kappa shape index (κ2) is 10.3. The molecule has 1 aromatic heterocycles. The van der Waals surface area contributed by atoms with Crippen LogP contribution in [0.25, 0.3) is 0 Å². The topological polar surface area (TPSA) is 143 Å². The lowest BCUT2D eigenvalue weighted by Gasteiger charge is -2.36. The molecular weight excluding hydrogens is 420 g/mol. The highest BCUT2D eigenvalue weighted by Crippen LogP contribution is 2.35. The molecule has 2 aliphatic rings. The van der Waals surface area contributed by atoms with E-state index in [1.807, 2.05) is 6.92 Å². The maximum Gasteiger partial charge on any atom is 0.313 e. The number of hydrogen-bond donors (Lipinski definition) is 4. The van der Waals surface area contributed by atoms with E-state index in [1.165, 1.54) is 6.42 Å². The van der Waals surface area contributed by atoms with Gasteiger partial charge in [0.1, 0.15) is 6.04 Å². The van der Waals surface area contributed by atoms with Crippen LogP contribution in [0.4, 0.5) is 5.69 Å². The maximum absolute atomic E-state index is 13.0. The third-order valence-corrected chi connectivity index (χ3v) is 6.74. The first-order valence-corrected chi connectivity index (χ1v) is 11.9. The van der Waals surface area contributed by atoms with E-state index in [4.69, 9.17) is 11.1 Å². The standard InChI is InChI=1S/C24H36N6O3/c1-4-15-11-17(21(25)22(26)32)18(13-27-15)28-14-20(31)30-10-6-8-19(30)23(33)29-16-7-5-9-24(2,3)12-16/h11,13,16,19,25,28H,4-10,12,14H2,1-3H3,(H2,26,32)(H,29,33)/p+1/t16?,19-/m0/s1. The number of nitrogens with one attached hydrogen (secondary N) is 2. The van der Waals surface area contributed by atoms with Crippen molar-refractivity contribution in [2.75, 3.05) is 18.4 Å². The minimum absolute atomic E-state index is 0.0353. The van der Waals surface area contributed by atoms with Crippen LogP contribution in [-0.4, -0.2) is 58.5 Å². The minimum atomic E-state index is -0.736. The highest BCUT2D eigenvalue weighted by molar-refractivity contribution is 6.43. The summed E-state index contributed by atoms with van der Waals surface area (Å²) in [4.78, 5) is 43.6. The third-order valence-electron chi connectivity index (χ3n) is 6.74. The molecule has 2 atom stereocenters. The number of nitrogens with two attached hydrogens (primary N) is 2. The van der Waals surface area contributed by atoms with Gasteiger partial charge in [0.25, 0.3) is 5.71 Å². The SMILES string of the molecule is CCc1cc(C(=[NH2+])C(N)=O)c(NCC(=O)N2CCC[C@H]2C(=O)NC2CCCC(C)(C)C2)cn1. The Kier molecular flexibility index (Phi) is 7.71. The summed E-state index contributed by atoms with van der Waals surface area (Å²) in [6.07, 6.45) is 7.90. The number of carbonyl (C=O) groups excluding carboxylic acids is 3. The molecule has 6 N–H and O–H groups in total. The molecule has 0 spiro atoms. The van der Waals surface area contributed by atoms with Crippen molar-refractivity contribution in [3.05, 3.63) is 23.5 Å². The number of hydrogen-bond acceptors (Lipinski definition) is 5. The average molecular weight is 458 g/mol. The summed E-state index contributed by atoms with van der Waals surface area (Å²) >= 11 is 0. The van der Waals surface area contributed by atoms with Crippen molar-refractivity contribution in [2.24, 2.45) is 11.1 Å². The van der Waals surface area contributed by atoms with E-state index in [-0.39, 0.29) is 35.5 Å². The van der Waals surface area contributed by atoms with Crippen molar-refractivity contribution in [1.82, 2.24) is 15.2 Å². The second-order valence-electron chi connectivity index (χ2n) is 9.92. The monoisotopic (exact) mass is 457 g/mol. The number of aryl methyl sites for hydroxylation is 1. The van der Waals surface area contributed by atoms with E-state index >= 15 is 0 Å². The molecule has 0 aromatic carbocycles. The Morgan fingerprint density at radius 2 is 2.03 bits per heavy atom. The van der Waals surface area contributed by atoms with E-state index in [0.29, 0.717) is 30.6 Å². The number of amides is 3. The zero-order valence-corrected chi connectivity index (χ0v) is 19.9. The van der Waals surface area contributed by atoms with Crippen LogP contribution in [0.2, 0.25) is 0 Å². The van der Waals surface area contributed by atoms with Gasteiger partial charge in [-0.05, 0) is 50.0 Å². The molecule has 1 saturated heterocycles. The first kappa shape index (κ1) is 24.7. The van der Waals surface area contributed by atoms with E-state index in [0.717, 1.165) is 31.4 Å². The number of aromatic nitrogens is 1. The predicted molar refractivity (Wildman–Crippen MR) is 126 cm³/mol. The average Bonchev–Trinajstić information content (AvgIpc) is 3.26. The first-order chi connectivity index (χ1) is 15.6. The molecule has 3 rings (SSSR count). The Morgan fingerprint density at radius 3 is 2.70 bits per heavy atom. The summed E-state index contributed by atoms with van der Waals surface area (Å²) in [6, 6.07) is 1.41. The summed E-state index contributed by atoms with van der Waals surface area (Å²) in [5, 5.41) is 12.1. The number of likely N-dealkylation sites (tertiary alicyclic amines) is 1. The predicted octanol–water partition coefficient (Wildman–Crippen LogP) is 0.165. The van der Waals surface area contributed by atoms with Crippen molar-refractivity contribution in [3.63, 3.8) is 0 Å². The van der Waals surface area contributed by atoms with Gasteiger partial charge in [0.15, 0.2) is 0 Å². The van der Waals surface area contributed by atoms with Gasteiger partial charge in [-0.15, -0.1) is 0 Å². The number of carbonyl (C=O) groups is 3. The zero-order chi connectivity index (χ0) is 24.2. The Labute approximate surface area is 195 Å². The molecule has 1 aliphatic carbocycles. The van der Waals surface area contributed by atoms with Gasteiger partial charge in [0.2, 0.25) is 11.8 Å². The van der Waals surface area contributed by atoms with E-state index in [1.54, 1.807) is 17.2 Å². The van der Waals surface area contributed by atoms with Gasteiger partial charge in [0, 0.05) is 18.3 Å². The first-order valence-electron chi connectivity index (χ1n) is 11.9. The lowest BCUT2D eigenvalue weighted by atomic mass is 9.75. The molecule has 1 aromatic rings. The number of nitrogens with zero attached hydrogens (tertiary/aromatic N) is 2. The molecule has 2 fully saturated rings. The number of primary amides is 1. The van der Waals surface area contributed by atoms with Gasteiger partial charge in [-0.3, -0.25) is 19.4 Å². The Bertz CT molecular complexity index is 929. The van der Waals surface area contributed by atoms with Crippen molar-refractivity contribution >= 4 is 29.1 Å². The van der Waals surface area contributed by atoms with Crippen molar-refractivity contribution in [3.8, 4) is 0 Å². The van der Waals surface area contributed by atoms with Crippen LogP contribution in [0.1, 0.15) is 70.6 Å². The molecule has 3 amide bonds. The number of rotatable bonds is 8. The minimum Gasteiger partial charge on any atom is -0.374 e. The van der Waals surface area contributed by atoms with Crippen LogP contribution in [0.15, 0.2) is 12.3 Å². The fourth-order valence-corrected chi connectivity index (χ4v) is 4.92. The van der Waals surface area contributed by atoms with Gasteiger partial charge >= 0.3 is 5.91 Å². The molecule has 1 saturated carbocycles. The summed E-state index contributed by atoms with van der Waals surface area (Å²) in [6.45, 7) is 6.93. The lowest BCUT2D eigenvalue weighted by molar-refractivity contribution is -0.137. The lowest BCUT2D eigenvalue weighted by Crippen LogP contribution is -2.51. The summed E-state index contributed by atoms with van der Waals surface area (Å²) in [5.74, 6) is -0.982. The largest absolute Gasteiger partial charge is 0.374 e. The quantitative estimate of drug-likeness (QED) is 0.411. The third kappa shape index (κ3) is 6.09. The van der Waals surface area contributed by atoms with E-state index in [9.17, 15) is 14.4 Å². The van der Waals surface area contributed by atoms with Crippen molar-refractivity contribution < 1.29 is 19.8 Å². The molecule has 33 heavy (non-hydrogen) atoms. The van der Waals surface area contributed by atoms with Crippen LogP contribution in [0.3, 0.4) is 0 Å². The Morgan fingerprint density at radius 1 is 1.27 bits per heavy atom. The zero-order valence-electron chi connectivity index (χ0n) is 19.9. The highest BCUT2D eigenvalue weighted by Gasteiger charge is 2.36. The van der Waals surface area contributed by atoms with Gasteiger partial charge in [0.05, 0.1) is 24.0 Å². The molecule has 0 radical (unpaired) electrons. The fraction of sp³-hybridized carbons (Fsp3) is 0.625. The summed E-state index contributed by atoms with van der Waals surface area (Å²) in [5.41, 5.74) is 7.15. The van der Waals surface area contributed by atoms with Gasteiger partial charge < -0.3 is 21.3 Å². The normalized spacial score (nSPS) is 22.0. The summed E-state index contributed by atoms with van der Waals surface area (Å²) in [7, 11) is 0. The van der Waals surface area contributed by atoms with Gasteiger partial charge in [-0.2, -0.15) is 0 Å². The number of pyridine rings is 1. The molecule has 0 bridgehead atoms. The molecule has 180 valence electrons. The van der Waals surface area contributed by atoms with Gasteiger partial charge in [-0.1, -0.05) is 27.2 Å². The number of anilines is 1. The van der Waals surface area contributed by atoms with Crippen molar-refractivity contribution in [2.45, 2.75) is 77.8 Å². The molecule has 1 unspecified atom stereocenters. The fourth-order valence-electron chi connectivity index (χ4n) is 4.92. The second-order valence-corrected chi connectivity index (χ2v) is 9.92. The van der Waals surface area contributed by atoms with Crippen LogP contribution >= 0.6 is 0 Å². The Hall–Kier alpha value is -2.97. The smallest absolute Gasteiger partial charge is 0.313 e. The van der Waals surface area contributed by atoms with E-state index in [2.05, 4.69) is 29.5 Å². The van der Waals surface area contributed by atoms with Crippen LogP contribution in [0.5, 0.6) is 0 Å². The summed E-state index contributed by atoms with van der Waals surface area (Å²) < 4.78 is 0. The molecule has 2 heterocycles. The maximum atomic E-state index is 13.0. The molecular formula is C24H37N6O3+. The van der Waals surface area contributed by atoms with Crippen LogP contribution in [0, 0.1) is 5.41 Å².